The van der Waals surface area contributed by atoms with Crippen LogP contribution in [0.5, 0.6) is 0 Å². The first-order valence-electron chi connectivity index (χ1n) is 6.11. The molecule has 1 aromatic carbocycles. The Hall–Kier alpha value is -0.670. The zero-order valence-electron chi connectivity index (χ0n) is 11.2. The van der Waals surface area contributed by atoms with Crippen LogP contribution in [0.2, 0.25) is 0 Å². The Morgan fingerprint density at radius 1 is 1.22 bits per heavy atom. The maximum absolute atomic E-state index is 4.50. The second kappa shape index (κ2) is 5.54. The van der Waals surface area contributed by atoms with Crippen molar-refractivity contribution in [3.63, 3.8) is 0 Å². The van der Waals surface area contributed by atoms with Crippen molar-refractivity contribution in [1.29, 1.82) is 0 Å². The highest BCUT2D eigenvalue weighted by atomic mass is 79.9. The minimum atomic E-state index is 0.365. The highest BCUT2D eigenvalue weighted by molar-refractivity contribution is 9.09. The average Bonchev–Trinajstić information content (AvgIpc) is 2.63. The van der Waals surface area contributed by atoms with Crippen LogP contribution in [0.1, 0.15) is 37.1 Å². The summed E-state index contributed by atoms with van der Waals surface area (Å²) < 4.78 is 0. The summed E-state index contributed by atoms with van der Waals surface area (Å²) in [7, 11) is 0. The largest absolute Gasteiger partial charge is 0.247 e. The molecule has 1 aromatic heterocycles. The fourth-order valence-corrected chi connectivity index (χ4v) is 4.01. The van der Waals surface area contributed by atoms with Crippen molar-refractivity contribution in [2.45, 2.75) is 38.9 Å². The summed E-state index contributed by atoms with van der Waals surface area (Å²) in [5.74, 6) is 0. The van der Waals surface area contributed by atoms with E-state index in [-0.39, 0.29) is 0 Å². The molecule has 2 rings (SSSR count). The second-order valence-electron chi connectivity index (χ2n) is 4.78. The lowest BCUT2D eigenvalue weighted by Crippen LogP contribution is -1.98. The number of benzene rings is 1. The monoisotopic (exact) mass is 323 g/mol. The molecule has 3 heteroatoms. The van der Waals surface area contributed by atoms with Crippen LogP contribution in [0.4, 0.5) is 0 Å². The van der Waals surface area contributed by atoms with Crippen molar-refractivity contribution < 1.29 is 0 Å². The number of aryl methyl sites for hydroxylation is 4. The SMILES string of the molecule is Cc1ccc(C)c(CC(Br)c2sc(C)nc2C)c1. The number of rotatable bonds is 3. The van der Waals surface area contributed by atoms with Gasteiger partial charge in [-0.25, -0.2) is 4.98 Å². The molecule has 0 bridgehead atoms. The van der Waals surface area contributed by atoms with Gasteiger partial charge in [-0.15, -0.1) is 11.3 Å². The van der Waals surface area contributed by atoms with Crippen LogP contribution in [-0.2, 0) is 6.42 Å². The number of hydrogen-bond donors (Lipinski definition) is 0. The summed E-state index contributed by atoms with van der Waals surface area (Å²) in [4.78, 5) is 6.22. The van der Waals surface area contributed by atoms with Crippen LogP contribution in [0, 0.1) is 27.7 Å². The van der Waals surface area contributed by atoms with Gasteiger partial charge >= 0.3 is 0 Å². The van der Waals surface area contributed by atoms with E-state index in [2.05, 4.69) is 66.8 Å². The van der Waals surface area contributed by atoms with E-state index in [0.29, 0.717) is 4.83 Å². The predicted octanol–water partition coefficient (Wildman–Crippen LogP) is 5.06. The van der Waals surface area contributed by atoms with Gasteiger partial charge < -0.3 is 0 Å². The highest BCUT2D eigenvalue weighted by Crippen LogP contribution is 2.34. The topological polar surface area (TPSA) is 12.9 Å². The van der Waals surface area contributed by atoms with Gasteiger partial charge in [-0.05, 0) is 45.2 Å². The Morgan fingerprint density at radius 3 is 2.56 bits per heavy atom. The van der Waals surface area contributed by atoms with Gasteiger partial charge in [0.25, 0.3) is 0 Å². The Morgan fingerprint density at radius 2 is 1.94 bits per heavy atom. The predicted molar refractivity (Wildman–Crippen MR) is 82.9 cm³/mol. The van der Waals surface area contributed by atoms with Gasteiger partial charge in [0.1, 0.15) is 0 Å². The normalized spacial score (nSPS) is 12.7. The molecule has 0 aliphatic rings. The Kier molecular flexibility index (Phi) is 4.23. The molecule has 2 aromatic rings. The zero-order chi connectivity index (χ0) is 13.3. The van der Waals surface area contributed by atoms with Gasteiger partial charge in [0.05, 0.1) is 15.5 Å². The molecule has 1 atom stereocenters. The third kappa shape index (κ3) is 3.01. The van der Waals surface area contributed by atoms with Gasteiger partial charge in [0.15, 0.2) is 0 Å². The van der Waals surface area contributed by atoms with E-state index in [4.69, 9.17) is 0 Å². The fourth-order valence-electron chi connectivity index (χ4n) is 2.14. The number of thiazole rings is 1. The molecule has 96 valence electrons. The summed E-state index contributed by atoms with van der Waals surface area (Å²) in [5, 5.41) is 1.15. The molecular formula is C15H18BrNS. The lowest BCUT2D eigenvalue weighted by Gasteiger charge is -2.12. The van der Waals surface area contributed by atoms with E-state index in [1.807, 2.05) is 0 Å². The number of alkyl halides is 1. The van der Waals surface area contributed by atoms with Crippen LogP contribution in [0.3, 0.4) is 0 Å². The summed E-state index contributed by atoms with van der Waals surface area (Å²) in [6, 6.07) is 6.66. The van der Waals surface area contributed by atoms with Crippen LogP contribution in [0.15, 0.2) is 18.2 Å². The molecule has 1 heterocycles. The Bertz CT molecular complexity index is 560. The molecule has 0 fully saturated rings. The van der Waals surface area contributed by atoms with Crippen molar-refractivity contribution in [3.8, 4) is 0 Å². The maximum Gasteiger partial charge on any atom is 0.0900 e. The smallest absolute Gasteiger partial charge is 0.0900 e. The van der Waals surface area contributed by atoms with E-state index in [1.54, 1.807) is 11.3 Å². The van der Waals surface area contributed by atoms with Crippen molar-refractivity contribution >= 4 is 27.3 Å². The summed E-state index contributed by atoms with van der Waals surface area (Å²) in [6.07, 6.45) is 1.02. The summed E-state index contributed by atoms with van der Waals surface area (Å²) in [6.45, 7) is 8.49. The standard InChI is InChI=1S/C15H18BrNS/c1-9-5-6-10(2)13(7-9)8-14(16)15-11(3)17-12(4)18-15/h5-7,14H,8H2,1-4H3. The quantitative estimate of drug-likeness (QED) is 0.720. The van der Waals surface area contributed by atoms with E-state index < -0.39 is 0 Å². The fraction of sp³-hybridized carbons (Fsp3) is 0.400. The number of hydrogen-bond acceptors (Lipinski definition) is 2. The van der Waals surface area contributed by atoms with Crippen LogP contribution < -0.4 is 0 Å². The number of nitrogens with zero attached hydrogens (tertiary/aromatic N) is 1. The lowest BCUT2D eigenvalue weighted by molar-refractivity contribution is 0.938. The van der Waals surface area contributed by atoms with E-state index in [9.17, 15) is 0 Å². The average molecular weight is 324 g/mol. The summed E-state index contributed by atoms with van der Waals surface area (Å²) >= 11 is 5.61. The first kappa shape index (κ1) is 13.8. The molecule has 1 nitrogen and oxygen atoms in total. The number of aromatic nitrogens is 1. The molecular weight excluding hydrogens is 306 g/mol. The van der Waals surface area contributed by atoms with Gasteiger partial charge in [-0.2, -0.15) is 0 Å². The van der Waals surface area contributed by atoms with Crippen molar-refractivity contribution in [1.82, 2.24) is 4.98 Å². The zero-order valence-corrected chi connectivity index (χ0v) is 13.7. The van der Waals surface area contributed by atoms with E-state index >= 15 is 0 Å². The molecule has 0 aliphatic carbocycles. The summed E-state index contributed by atoms with van der Waals surface area (Å²) in [5.41, 5.74) is 5.27. The Balaban J connectivity index is 2.23. The third-order valence-corrected chi connectivity index (χ3v) is 5.40. The Labute approximate surface area is 121 Å². The number of halogens is 1. The van der Waals surface area contributed by atoms with Crippen molar-refractivity contribution in [2.24, 2.45) is 0 Å². The van der Waals surface area contributed by atoms with Gasteiger partial charge in [0, 0.05) is 4.88 Å². The van der Waals surface area contributed by atoms with Crippen molar-refractivity contribution in [2.75, 3.05) is 0 Å². The molecule has 0 saturated heterocycles. The first-order chi connectivity index (χ1) is 8.47. The van der Waals surface area contributed by atoms with E-state index in [0.717, 1.165) is 17.1 Å². The van der Waals surface area contributed by atoms with Crippen LogP contribution in [-0.4, -0.2) is 4.98 Å². The van der Waals surface area contributed by atoms with Crippen molar-refractivity contribution in [3.05, 3.63) is 50.5 Å². The van der Waals surface area contributed by atoms with Crippen LogP contribution >= 0.6 is 27.3 Å². The minimum absolute atomic E-state index is 0.365. The van der Waals surface area contributed by atoms with Gasteiger partial charge in [0.2, 0.25) is 0 Å². The molecule has 18 heavy (non-hydrogen) atoms. The minimum Gasteiger partial charge on any atom is -0.247 e. The molecule has 1 unspecified atom stereocenters. The van der Waals surface area contributed by atoms with E-state index in [1.165, 1.54) is 21.6 Å². The second-order valence-corrected chi connectivity index (χ2v) is 7.12. The molecule has 0 N–H and O–H groups in total. The highest BCUT2D eigenvalue weighted by Gasteiger charge is 2.16. The maximum atomic E-state index is 4.50. The molecule has 0 radical (unpaired) electrons. The molecule has 0 aliphatic heterocycles. The molecule has 0 saturated carbocycles. The lowest BCUT2D eigenvalue weighted by atomic mass is 10.0. The third-order valence-electron chi connectivity index (χ3n) is 3.13. The first-order valence-corrected chi connectivity index (χ1v) is 7.84. The van der Waals surface area contributed by atoms with Gasteiger partial charge in [-0.1, -0.05) is 39.7 Å². The van der Waals surface area contributed by atoms with Crippen LogP contribution in [0.25, 0.3) is 0 Å². The van der Waals surface area contributed by atoms with Gasteiger partial charge in [-0.3, -0.25) is 0 Å². The molecule has 0 spiro atoms. The molecule has 0 amide bonds.